The molecular weight excluding hydrogens is 401 g/mol. The van der Waals surface area contributed by atoms with Gasteiger partial charge in [0, 0.05) is 36.1 Å². The molecule has 9 heteroatoms. The Morgan fingerprint density at radius 2 is 2.03 bits per heavy atom. The third-order valence-corrected chi connectivity index (χ3v) is 4.95. The lowest BCUT2D eigenvalue weighted by Gasteiger charge is -2.14. The van der Waals surface area contributed by atoms with Crippen LogP contribution in [0.4, 0.5) is 15.9 Å². The molecule has 4 aromatic rings. The topological polar surface area (TPSA) is 115 Å². The molecule has 0 radical (unpaired) electrons. The van der Waals surface area contributed by atoms with Crippen molar-refractivity contribution < 1.29 is 19.0 Å². The lowest BCUT2D eigenvalue weighted by atomic mass is 10.0. The summed E-state index contributed by atoms with van der Waals surface area (Å²) in [5.41, 5.74) is 8.84. The van der Waals surface area contributed by atoms with Gasteiger partial charge in [0.1, 0.15) is 29.4 Å². The molecule has 0 saturated heterocycles. The van der Waals surface area contributed by atoms with Crippen LogP contribution in [0, 0.1) is 5.82 Å². The van der Waals surface area contributed by atoms with Crippen molar-refractivity contribution in [2.75, 3.05) is 18.2 Å². The minimum absolute atomic E-state index is 0.160. The summed E-state index contributed by atoms with van der Waals surface area (Å²) in [6, 6.07) is 10.3. The number of nitrogen functional groups attached to an aromatic ring is 1. The first-order valence-electron chi connectivity index (χ1n) is 9.37. The molecule has 31 heavy (non-hydrogen) atoms. The van der Waals surface area contributed by atoms with Crippen LogP contribution in [0.25, 0.3) is 22.2 Å². The maximum atomic E-state index is 13.4. The number of methoxy groups -OCH3 is 1. The Morgan fingerprint density at radius 1 is 1.23 bits per heavy atom. The van der Waals surface area contributed by atoms with Gasteiger partial charge in [-0.3, -0.25) is 4.79 Å². The van der Waals surface area contributed by atoms with Gasteiger partial charge in [0.05, 0.1) is 12.5 Å². The molecule has 0 fully saturated rings. The molecule has 0 spiro atoms. The van der Waals surface area contributed by atoms with E-state index in [0.717, 1.165) is 17.2 Å². The number of hydrogen-bond acceptors (Lipinski definition) is 6. The number of hydrogen-bond donors (Lipinski definition) is 3. The molecule has 1 atom stereocenters. The van der Waals surface area contributed by atoms with Crippen LogP contribution < -0.4 is 15.8 Å². The van der Waals surface area contributed by atoms with E-state index in [1.807, 2.05) is 17.8 Å². The first-order valence-corrected chi connectivity index (χ1v) is 9.37. The average Bonchev–Trinajstić information content (AvgIpc) is 3.10. The van der Waals surface area contributed by atoms with Crippen molar-refractivity contribution >= 4 is 28.4 Å². The van der Waals surface area contributed by atoms with Gasteiger partial charge in [-0.05, 0) is 29.8 Å². The third kappa shape index (κ3) is 3.78. The first kappa shape index (κ1) is 20.3. The molecule has 4 N–H and O–H groups in total. The number of rotatable bonds is 5. The molecule has 158 valence electrons. The molecule has 4 rings (SSSR count). The highest BCUT2D eigenvalue weighted by Gasteiger charge is 2.20. The fourth-order valence-electron chi connectivity index (χ4n) is 3.47. The summed E-state index contributed by atoms with van der Waals surface area (Å²) in [4.78, 5) is 20.8. The van der Waals surface area contributed by atoms with Crippen molar-refractivity contribution in [3.05, 3.63) is 66.4 Å². The van der Waals surface area contributed by atoms with Crippen LogP contribution in [0.2, 0.25) is 0 Å². The van der Waals surface area contributed by atoms with Gasteiger partial charge in [-0.25, -0.2) is 14.4 Å². The van der Waals surface area contributed by atoms with E-state index in [1.54, 1.807) is 18.2 Å². The average molecular weight is 421 g/mol. The summed E-state index contributed by atoms with van der Waals surface area (Å²) < 4.78 is 20.8. The van der Waals surface area contributed by atoms with Crippen LogP contribution >= 0.6 is 0 Å². The van der Waals surface area contributed by atoms with Gasteiger partial charge >= 0.3 is 0 Å². The molecule has 8 nitrogen and oxygen atoms in total. The van der Waals surface area contributed by atoms with Crippen LogP contribution in [0.1, 0.15) is 11.7 Å². The van der Waals surface area contributed by atoms with Gasteiger partial charge in [-0.1, -0.05) is 12.1 Å². The molecule has 0 aliphatic rings. The fraction of sp³-hybridized carbons (Fsp3) is 0.136. The number of anilines is 2. The highest BCUT2D eigenvalue weighted by Crippen LogP contribution is 2.38. The Hall–Kier alpha value is -3.98. The zero-order chi connectivity index (χ0) is 22.1. The second-order valence-electron chi connectivity index (χ2n) is 6.97. The van der Waals surface area contributed by atoms with Crippen molar-refractivity contribution in [2.24, 2.45) is 7.05 Å². The van der Waals surface area contributed by atoms with E-state index in [-0.39, 0.29) is 5.56 Å². The van der Waals surface area contributed by atoms with E-state index < -0.39 is 17.8 Å². The van der Waals surface area contributed by atoms with Crippen LogP contribution in [-0.2, 0) is 11.8 Å². The predicted octanol–water partition coefficient (Wildman–Crippen LogP) is 3.04. The number of nitrogens with two attached hydrogens (primary N) is 1. The standard InChI is InChI=1S/C22H20FN5O3/c1-28-10-16(18-20(24)25-11-26-21(18)28)15-7-6-14(9-17(15)31-2)27-22(30)19(29)12-4-3-5-13(23)8-12/h3-11,19,29H,1-2H3,(H,27,30)(H2,24,25,26). The Labute approximate surface area is 177 Å². The summed E-state index contributed by atoms with van der Waals surface area (Å²) in [5, 5.41) is 13.6. The van der Waals surface area contributed by atoms with Crippen molar-refractivity contribution in [3.8, 4) is 16.9 Å². The van der Waals surface area contributed by atoms with E-state index >= 15 is 0 Å². The van der Waals surface area contributed by atoms with Crippen molar-refractivity contribution in [1.29, 1.82) is 0 Å². The minimum Gasteiger partial charge on any atom is -0.496 e. The number of carbonyl (C=O) groups excluding carboxylic acids is 1. The molecule has 0 bridgehead atoms. The number of aromatic nitrogens is 3. The fourth-order valence-corrected chi connectivity index (χ4v) is 3.47. The quantitative estimate of drug-likeness (QED) is 0.456. The molecule has 1 amide bonds. The molecule has 0 saturated carbocycles. The van der Waals surface area contributed by atoms with Gasteiger partial charge in [-0.15, -0.1) is 0 Å². The number of aliphatic hydroxyl groups is 1. The molecule has 1 unspecified atom stereocenters. The molecule has 0 aliphatic carbocycles. The zero-order valence-electron chi connectivity index (χ0n) is 16.8. The number of fused-ring (bicyclic) bond motifs is 1. The smallest absolute Gasteiger partial charge is 0.257 e. The van der Waals surface area contributed by atoms with Crippen LogP contribution in [0.3, 0.4) is 0 Å². The van der Waals surface area contributed by atoms with Crippen LogP contribution in [0.5, 0.6) is 5.75 Å². The summed E-state index contributed by atoms with van der Waals surface area (Å²) in [7, 11) is 3.37. The van der Waals surface area contributed by atoms with Crippen LogP contribution in [-0.4, -0.2) is 32.7 Å². The predicted molar refractivity (Wildman–Crippen MR) is 115 cm³/mol. The van der Waals surface area contributed by atoms with E-state index in [9.17, 15) is 14.3 Å². The van der Waals surface area contributed by atoms with Gasteiger partial charge < -0.3 is 25.5 Å². The molecule has 2 aromatic heterocycles. The number of carbonyl (C=O) groups is 1. The largest absolute Gasteiger partial charge is 0.496 e. The van der Waals surface area contributed by atoms with Gasteiger partial charge in [0.2, 0.25) is 0 Å². The third-order valence-electron chi connectivity index (χ3n) is 4.95. The monoisotopic (exact) mass is 421 g/mol. The van der Waals surface area contributed by atoms with Crippen molar-refractivity contribution in [1.82, 2.24) is 14.5 Å². The molecule has 2 aromatic carbocycles. The van der Waals surface area contributed by atoms with Gasteiger partial charge in [0.25, 0.3) is 5.91 Å². The molecule has 2 heterocycles. The number of aliphatic hydroxyl groups excluding tert-OH is 1. The SMILES string of the molecule is COc1cc(NC(=O)C(O)c2cccc(F)c2)ccc1-c1cn(C)c2ncnc(N)c12. The Kier molecular flexibility index (Phi) is 5.26. The lowest BCUT2D eigenvalue weighted by molar-refractivity contribution is -0.124. The molecule has 0 aliphatic heterocycles. The Morgan fingerprint density at radius 3 is 2.77 bits per heavy atom. The van der Waals surface area contributed by atoms with Crippen LogP contribution in [0.15, 0.2) is 55.0 Å². The number of amides is 1. The number of halogens is 1. The van der Waals surface area contributed by atoms with Crippen molar-refractivity contribution in [2.45, 2.75) is 6.10 Å². The summed E-state index contributed by atoms with van der Waals surface area (Å²) in [6.07, 6.45) is 1.76. The first-order chi connectivity index (χ1) is 14.9. The van der Waals surface area contributed by atoms with Gasteiger partial charge in [0.15, 0.2) is 6.10 Å². The van der Waals surface area contributed by atoms with E-state index in [1.165, 1.54) is 31.6 Å². The normalized spacial score (nSPS) is 12.0. The van der Waals surface area contributed by atoms with Gasteiger partial charge in [-0.2, -0.15) is 0 Å². The highest BCUT2D eigenvalue weighted by atomic mass is 19.1. The number of ether oxygens (including phenoxy) is 1. The highest BCUT2D eigenvalue weighted by molar-refractivity contribution is 6.02. The Balaban J connectivity index is 1.66. The summed E-state index contributed by atoms with van der Waals surface area (Å²) >= 11 is 0. The molecular formula is C22H20FN5O3. The number of benzene rings is 2. The van der Waals surface area contributed by atoms with E-state index in [2.05, 4.69) is 15.3 Å². The maximum absolute atomic E-state index is 13.4. The number of nitrogens with zero attached hydrogens (tertiary/aromatic N) is 3. The number of nitrogens with one attached hydrogen (secondary N) is 1. The van der Waals surface area contributed by atoms with E-state index in [4.69, 9.17) is 10.5 Å². The zero-order valence-corrected chi connectivity index (χ0v) is 16.8. The Bertz CT molecular complexity index is 1290. The second-order valence-corrected chi connectivity index (χ2v) is 6.97. The minimum atomic E-state index is -1.52. The summed E-state index contributed by atoms with van der Waals surface area (Å²) in [5.74, 6) is -0.399. The van der Waals surface area contributed by atoms with E-state index in [0.29, 0.717) is 28.3 Å². The van der Waals surface area contributed by atoms with Crippen molar-refractivity contribution in [3.63, 3.8) is 0 Å². The maximum Gasteiger partial charge on any atom is 0.257 e. The number of aryl methyl sites for hydroxylation is 1. The second kappa shape index (κ2) is 8.04. The lowest BCUT2D eigenvalue weighted by Crippen LogP contribution is -2.20. The summed E-state index contributed by atoms with van der Waals surface area (Å²) in [6.45, 7) is 0.